The van der Waals surface area contributed by atoms with Crippen molar-refractivity contribution in [3.63, 3.8) is 0 Å². The number of ether oxygens (including phenoxy) is 1. The number of amides is 1. The number of thioether (sulfide) groups is 1. The largest absolute Gasteiger partial charge is 0.399 e. The van der Waals surface area contributed by atoms with Crippen LogP contribution in [0.2, 0.25) is 5.02 Å². The first kappa shape index (κ1) is 15.5. The minimum absolute atomic E-state index is 0.0906. The highest BCUT2D eigenvalue weighted by Gasteiger charge is 2.25. The Morgan fingerprint density at radius 2 is 2.10 bits per heavy atom. The second kappa shape index (κ2) is 6.70. The number of hydrogen-bond donors (Lipinski definition) is 1. The molecule has 1 saturated heterocycles. The van der Waals surface area contributed by atoms with Crippen LogP contribution >= 0.6 is 23.4 Å². The third-order valence-electron chi connectivity index (χ3n) is 3.08. The number of nitrogens with zero attached hydrogens (tertiary/aromatic N) is 1. The number of morpholine rings is 1. The number of carbonyl (C=O) groups is 1. The molecule has 1 fully saturated rings. The van der Waals surface area contributed by atoms with E-state index in [1.54, 1.807) is 12.1 Å². The standard InChI is InChI=1S/C14H19ClN2O2S/c1-9-6-17(7-10(2)19-9)14(18)8-20-13-4-3-11(16)5-12(13)15/h3-5,9-10H,6-8,16H2,1-2H3. The average molecular weight is 315 g/mol. The first-order valence-corrected chi connectivity index (χ1v) is 7.93. The minimum Gasteiger partial charge on any atom is -0.399 e. The Kier molecular flexibility index (Phi) is 5.18. The molecule has 6 heteroatoms. The molecular formula is C14H19ClN2O2S. The van der Waals surface area contributed by atoms with E-state index in [9.17, 15) is 4.79 Å². The summed E-state index contributed by atoms with van der Waals surface area (Å²) >= 11 is 7.54. The summed E-state index contributed by atoms with van der Waals surface area (Å²) in [6.45, 7) is 5.28. The van der Waals surface area contributed by atoms with Gasteiger partial charge in [-0.3, -0.25) is 4.79 Å². The monoisotopic (exact) mass is 314 g/mol. The average Bonchev–Trinajstić information content (AvgIpc) is 2.36. The quantitative estimate of drug-likeness (QED) is 0.688. The van der Waals surface area contributed by atoms with Crippen LogP contribution in [0.4, 0.5) is 5.69 Å². The van der Waals surface area contributed by atoms with Crippen LogP contribution < -0.4 is 5.73 Å². The van der Waals surface area contributed by atoms with E-state index >= 15 is 0 Å². The van der Waals surface area contributed by atoms with Crippen molar-refractivity contribution in [1.29, 1.82) is 0 Å². The highest BCUT2D eigenvalue weighted by Crippen LogP contribution is 2.29. The SMILES string of the molecule is CC1CN(C(=O)CSc2ccc(N)cc2Cl)CC(C)O1. The molecule has 0 aliphatic carbocycles. The third kappa shape index (κ3) is 4.04. The Bertz CT molecular complexity index is 488. The summed E-state index contributed by atoms with van der Waals surface area (Å²) in [4.78, 5) is 15.0. The number of anilines is 1. The van der Waals surface area contributed by atoms with E-state index in [0.717, 1.165) is 4.90 Å². The number of halogens is 1. The zero-order valence-electron chi connectivity index (χ0n) is 11.6. The van der Waals surface area contributed by atoms with Crippen LogP contribution in [0.25, 0.3) is 0 Å². The highest BCUT2D eigenvalue weighted by molar-refractivity contribution is 8.00. The zero-order chi connectivity index (χ0) is 14.7. The smallest absolute Gasteiger partial charge is 0.233 e. The van der Waals surface area contributed by atoms with Gasteiger partial charge < -0.3 is 15.4 Å². The molecule has 0 spiro atoms. The van der Waals surface area contributed by atoms with Crippen LogP contribution in [-0.4, -0.2) is 41.9 Å². The van der Waals surface area contributed by atoms with Crippen molar-refractivity contribution in [1.82, 2.24) is 4.90 Å². The Hall–Kier alpha value is -0.910. The molecule has 0 aromatic heterocycles. The molecule has 2 unspecified atom stereocenters. The van der Waals surface area contributed by atoms with Crippen molar-refractivity contribution in [3.05, 3.63) is 23.2 Å². The summed E-state index contributed by atoms with van der Waals surface area (Å²) in [7, 11) is 0. The van der Waals surface area contributed by atoms with Crippen LogP contribution in [0.5, 0.6) is 0 Å². The second-order valence-electron chi connectivity index (χ2n) is 5.03. The lowest BCUT2D eigenvalue weighted by molar-refractivity contribution is -0.140. The number of benzene rings is 1. The van der Waals surface area contributed by atoms with Gasteiger partial charge in [0.1, 0.15) is 0 Å². The lowest BCUT2D eigenvalue weighted by atomic mass is 10.2. The fourth-order valence-corrected chi connectivity index (χ4v) is 3.42. The summed E-state index contributed by atoms with van der Waals surface area (Å²) < 4.78 is 5.63. The Balaban J connectivity index is 1.91. The van der Waals surface area contributed by atoms with Gasteiger partial charge in [0.15, 0.2) is 0 Å². The van der Waals surface area contributed by atoms with Gasteiger partial charge in [0.25, 0.3) is 0 Å². The molecule has 110 valence electrons. The maximum absolute atomic E-state index is 12.2. The van der Waals surface area contributed by atoms with E-state index in [-0.39, 0.29) is 18.1 Å². The molecular weight excluding hydrogens is 296 g/mol. The molecule has 1 heterocycles. The van der Waals surface area contributed by atoms with Crippen LogP contribution in [0, 0.1) is 0 Å². The van der Waals surface area contributed by atoms with Gasteiger partial charge in [-0.15, -0.1) is 11.8 Å². The lowest BCUT2D eigenvalue weighted by Gasteiger charge is -2.35. The van der Waals surface area contributed by atoms with Gasteiger partial charge in [0.05, 0.1) is 23.0 Å². The van der Waals surface area contributed by atoms with Crippen molar-refractivity contribution in [2.75, 3.05) is 24.6 Å². The highest BCUT2D eigenvalue weighted by atomic mass is 35.5. The Morgan fingerprint density at radius 3 is 2.70 bits per heavy atom. The summed E-state index contributed by atoms with van der Waals surface area (Å²) in [5.74, 6) is 0.494. The maximum atomic E-state index is 12.2. The van der Waals surface area contributed by atoms with E-state index in [0.29, 0.717) is 29.6 Å². The predicted octanol–water partition coefficient (Wildman–Crippen LogP) is 2.65. The molecule has 0 saturated carbocycles. The van der Waals surface area contributed by atoms with Crippen molar-refractivity contribution in [2.45, 2.75) is 31.0 Å². The lowest BCUT2D eigenvalue weighted by Crippen LogP contribution is -2.48. The zero-order valence-corrected chi connectivity index (χ0v) is 13.2. The summed E-state index contributed by atoms with van der Waals surface area (Å²) in [6.07, 6.45) is 0.181. The minimum atomic E-state index is 0.0906. The van der Waals surface area contributed by atoms with Crippen LogP contribution in [0.15, 0.2) is 23.1 Å². The molecule has 1 aliphatic heterocycles. The molecule has 0 bridgehead atoms. The van der Waals surface area contributed by atoms with Gasteiger partial charge in [0, 0.05) is 23.7 Å². The van der Waals surface area contributed by atoms with Crippen LogP contribution in [0.1, 0.15) is 13.8 Å². The van der Waals surface area contributed by atoms with E-state index in [1.807, 2.05) is 24.8 Å². The Morgan fingerprint density at radius 1 is 1.45 bits per heavy atom. The number of carbonyl (C=O) groups excluding carboxylic acids is 1. The predicted molar refractivity (Wildman–Crippen MR) is 83.2 cm³/mol. The molecule has 1 aliphatic rings. The topological polar surface area (TPSA) is 55.6 Å². The van der Waals surface area contributed by atoms with Gasteiger partial charge in [-0.2, -0.15) is 0 Å². The van der Waals surface area contributed by atoms with Gasteiger partial charge in [-0.05, 0) is 32.0 Å². The van der Waals surface area contributed by atoms with Crippen molar-refractivity contribution < 1.29 is 9.53 Å². The first-order valence-electron chi connectivity index (χ1n) is 6.56. The number of nitrogens with two attached hydrogens (primary N) is 1. The number of hydrogen-bond acceptors (Lipinski definition) is 4. The summed E-state index contributed by atoms with van der Waals surface area (Å²) in [6, 6.07) is 5.34. The van der Waals surface area contributed by atoms with E-state index in [4.69, 9.17) is 22.1 Å². The van der Waals surface area contributed by atoms with Crippen molar-refractivity contribution in [3.8, 4) is 0 Å². The van der Waals surface area contributed by atoms with E-state index in [2.05, 4.69) is 0 Å². The number of rotatable bonds is 3. The number of nitrogen functional groups attached to an aromatic ring is 1. The van der Waals surface area contributed by atoms with Crippen molar-refractivity contribution in [2.24, 2.45) is 0 Å². The third-order valence-corrected chi connectivity index (χ3v) is 4.56. The molecule has 1 aromatic carbocycles. The molecule has 4 nitrogen and oxygen atoms in total. The first-order chi connectivity index (χ1) is 9.45. The molecule has 1 aromatic rings. The molecule has 20 heavy (non-hydrogen) atoms. The van der Waals surface area contributed by atoms with Crippen LogP contribution in [0.3, 0.4) is 0 Å². The maximum Gasteiger partial charge on any atom is 0.233 e. The van der Waals surface area contributed by atoms with Crippen molar-refractivity contribution >= 4 is 35.0 Å². The fraction of sp³-hybridized carbons (Fsp3) is 0.500. The molecule has 2 rings (SSSR count). The van der Waals surface area contributed by atoms with Crippen LogP contribution in [-0.2, 0) is 9.53 Å². The summed E-state index contributed by atoms with van der Waals surface area (Å²) in [5, 5.41) is 0.589. The second-order valence-corrected chi connectivity index (χ2v) is 6.46. The van der Waals surface area contributed by atoms with Gasteiger partial charge in [-0.1, -0.05) is 11.6 Å². The van der Waals surface area contributed by atoms with Gasteiger partial charge in [-0.25, -0.2) is 0 Å². The van der Waals surface area contributed by atoms with Gasteiger partial charge in [0.2, 0.25) is 5.91 Å². The Labute approximate surface area is 128 Å². The summed E-state index contributed by atoms with van der Waals surface area (Å²) in [5.41, 5.74) is 6.27. The van der Waals surface area contributed by atoms with E-state index in [1.165, 1.54) is 11.8 Å². The molecule has 2 atom stereocenters. The molecule has 1 amide bonds. The fourth-order valence-electron chi connectivity index (χ4n) is 2.25. The molecule has 2 N–H and O–H groups in total. The molecule has 0 radical (unpaired) electrons. The normalized spacial score (nSPS) is 22.9. The van der Waals surface area contributed by atoms with E-state index < -0.39 is 0 Å². The van der Waals surface area contributed by atoms with Gasteiger partial charge >= 0.3 is 0 Å².